The number of nitrogens with two attached hydrogens (primary N) is 1. The molecule has 0 aliphatic carbocycles. The topological polar surface area (TPSA) is 58.7 Å². The summed E-state index contributed by atoms with van der Waals surface area (Å²) in [5.41, 5.74) is 5.47. The molecular weight excluding hydrogens is 204 g/mol. The third-order valence-electron chi connectivity index (χ3n) is 2.97. The highest BCUT2D eigenvalue weighted by molar-refractivity contribution is 4.84. The number of aliphatic hydroxyl groups excluding tert-OH is 1. The normalized spacial score (nSPS) is 26.6. The van der Waals surface area contributed by atoms with Crippen LogP contribution in [-0.2, 0) is 4.74 Å². The Labute approximate surface area is 98.8 Å². The van der Waals surface area contributed by atoms with Crippen molar-refractivity contribution in [2.75, 3.05) is 32.8 Å². The summed E-state index contributed by atoms with van der Waals surface area (Å²) >= 11 is 0. The quantitative estimate of drug-likeness (QED) is 0.701. The molecule has 0 aromatic rings. The molecule has 2 unspecified atom stereocenters. The van der Waals surface area contributed by atoms with E-state index in [2.05, 4.69) is 11.8 Å². The maximum atomic E-state index is 9.15. The second-order valence-corrected chi connectivity index (χ2v) is 5.18. The van der Waals surface area contributed by atoms with Gasteiger partial charge in [-0.3, -0.25) is 4.90 Å². The molecule has 1 aliphatic rings. The monoisotopic (exact) mass is 230 g/mol. The first-order valence-corrected chi connectivity index (χ1v) is 6.31. The number of ether oxygens (including phenoxy) is 1. The molecule has 96 valence electrons. The van der Waals surface area contributed by atoms with E-state index in [0.29, 0.717) is 6.10 Å². The molecule has 4 heteroatoms. The lowest BCUT2D eigenvalue weighted by Crippen LogP contribution is -2.53. The van der Waals surface area contributed by atoms with E-state index in [0.717, 1.165) is 45.5 Å². The maximum absolute atomic E-state index is 9.15. The van der Waals surface area contributed by atoms with E-state index in [-0.39, 0.29) is 6.61 Å². The predicted molar refractivity (Wildman–Crippen MR) is 65.4 cm³/mol. The van der Waals surface area contributed by atoms with Crippen LogP contribution in [0.15, 0.2) is 0 Å². The summed E-state index contributed by atoms with van der Waals surface area (Å²) in [6, 6.07) is 0. The maximum Gasteiger partial charge on any atom is 0.0702 e. The molecule has 1 saturated heterocycles. The first-order valence-electron chi connectivity index (χ1n) is 6.31. The summed E-state index contributed by atoms with van der Waals surface area (Å²) in [6.45, 7) is 7.66. The fourth-order valence-electron chi connectivity index (χ4n) is 2.14. The third kappa shape index (κ3) is 4.78. The van der Waals surface area contributed by atoms with Crippen molar-refractivity contribution in [3.8, 4) is 0 Å². The molecular formula is C12H26N2O2. The average molecular weight is 230 g/mol. The SMILES string of the molecule is CCCOC1CCCN(CC(C)(N)CO)C1. The summed E-state index contributed by atoms with van der Waals surface area (Å²) in [5.74, 6) is 0. The molecule has 0 saturated carbocycles. The summed E-state index contributed by atoms with van der Waals surface area (Å²) in [6.07, 6.45) is 3.73. The van der Waals surface area contributed by atoms with Gasteiger partial charge in [-0.05, 0) is 32.7 Å². The number of rotatable bonds is 6. The van der Waals surface area contributed by atoms with E-state index in [1.807, 2.05) is 6.92 Å². The van der Waals surface area contributed by atoms with Gasteiger partial charge in [-0.1, -0.05) is 6.92 Å². The van der Waals surface area contributed by atoms with Crippen LogP contribution < -0.4 is 5.73 Å². The predicted octanol–water partition coefficient (Wildman–Crippen LogP) is 0.587. The largest absolute Gasteiger partial charge is 0.394 e. The molecule has 3 N–H and O–H groups in total. The Morgan fingerprint density at radius 3 is 2.94 bits per heavy atom. The number of nitrogens with zero attached hydrogens (tertiary/aromatic N) is 1. The number of hydrogen-bond acceptors (Lipinski definition) is 4. The Morgan fingerprint density at radius 1 is 1.56 bits per heavy atom. The van der Waals surface area contributed by atoms with Gasteiger partial charge in [0.05, 0.1) is 12.7 Å². The molecule has 0 spiro atoms. The van der Waals surface area contributed by atoms with Gasteiger partial charge in [-0.25, -0.2) is 0 Å². The highest BCUT2D eigenvalue weighted by Gasteiger charge is 2.26. The first kappa shape index (κ1) is 13.9. The molecule has 1 rings (SSSR count). The number of likely N-dealkylation sites (tertiary alicyclic amines) is 1. The van der Waals surface area contributed by atoms with Crippen LogP contribution in [0.1, 0.15) is 33.1 Å². The highest BCUT2D eigenvalue weighted by Crippen LogP contribution is 2.15. The van der Waals surface area contributed by atoms with Gasteiger partial charge < -0.3 is 15.6 Å². The number of piperidine rings is 1. The van der Waals surface area contributed by atoms with Crippen LogP contribution >= 0.6 is 0 Å². The molecule has 1 heterocycles. The van der Waals surface area contributed by atoms with Crippen LogP contribution in [0.4, 0.5) is 0 Å². The molecule has 4 nitrogen and oxygen atoms in total. The highest BCUT2D eigenvalue weighted by atomic mass is 16.5. The summed E-state index contributed by atoms with van der Waals surface area (Å²) in [4.78, 5) is 2.31. The second-order valence-electron chi connectivity index (χ2n) is 5.18. The molecule has 0 aromatic carbocycles. The minimum absolute atomic E-state index is 0.0317. The van der Waals surface area contributed by atoms with Gasteiger partial charge in [0.15, 0.2) is 0 Å². The fourth-order valence-corrected chi connectivity index (χ4v) is 2.14. The van der Waals surface area contributed by atoms with Gasteiger partial charge >= 0.3 is 0 Å². The zero-order valence-electron chi connectivity index (χ0n) is 10.6. The van der Waals surface area contributed by atoms with Crippen molar-refractivity contribution in [1.29, 1.82) is 0 Å². The number of hydrogen-bond donors (Lipinski definition) is 2. The van der Waals surface area contributed by atoms with Gasteiger partial charge in [-0.15, -0.1) is 0 Å². The van der Waals surface area contributed by atoms with E-state index in [9.17, 15) is 0 Å². The smallest absolute Gasteiger partial charge is 0.0702 e. The van der Waals surface area contributed by atoms with Gasteiger partial charge in [0.1, 0.15) is 0 Å². The Balaban J connectivity index is 2.32. The van der Waals surface area contributed by atoms with Gasteiger partial charge in [0.2, 0.25) is 0 Å². The van der Waals surface area contributed by atoms with Crippen LogP contribution in [0.3, 0.4) is 0 Å². The molecule has 1 fully saturated rings. The first-order chi connectivity index (χ1) is 7.57. The summed E-state index contributed by atoms with van der Waals surface area (Å²) in [5, 5.41) is 9.15. The van der Waals surface area contributed by atoms with E-state index in [4.69, 9.17) is 15.6 Å². The molecule has 1 aliphatic heterocycles. The molecule has 0 bridgehead atoms. The minimum atomic E-state index is -0.493. The minimum Gasteiger partial charge on any atom is -0.394 e. The lowest BCUT2D eigenvalue weighted by molar-refractivity contribution is -0.00746. The van der Waals surface area contributed by atoms with Crippen LogP contribution in [-0.4, -0.2) is 54.5 Å². The van der Waals surface area contributed by atoms with Gasteiger partial charge in [0, 0.05) is 25.2 Å². The van der Waals surface area contributed by atoms with Crippen LogP contribution in [0.25, 0.3) is 0 Å². The molecule has 0 radical (unpaired) electrons. The van der Waals surface area contributed by atoms with Crippen molar-refractivity contribution in [1.82, 2.24) is 4.90 Å². The van der Waals surface area contributed by atoms with Crippen molar-refractivity contribution in [2.45, 2.75) is 44.8 Å². The Kier molecular flexibility index (Phi) is 5.69. The summed E-state index contributed by atoms with van der Waals surface area (Å²) < 4.78 is 5.77. The molecule has 16 heavy (non-hydrogen) atoms. The average Bonchev–Trinajstić information content (AvgIpc) is 2.26. The number of aliphatic hydroxyl groups is 1. The van der Waals surface area contributed by atoms with Crippen molar-refractivity contribution in [2.24, 2.45) is 5.73 Å². The fraction of sp³-hybridized carbons (Fsp3) is 1.00. The zero-order chi connectivity index (χ0) is 12.0. The molecule has 2 atom stereocenters. The van der Waals surface area contributed by atoms with E-state index in [1.165, 1.54) is 0 Å². The standard InChI is InChI=1S/C12H26N2O2/c1-3-7-16-11-5-4-6-14(8-11)9-12(2,13)10-15/h11,15H,3-10,13H2,1-2H3. The lowest BCUT2D eigenvalue weighted by Gasteiger charge is -2.37. The summed E-state index contributed by atoms with van der Waals surface area (Å²) in [7, 11) is 0. The molecule has 0 amide bonds. The van der Waals surface area contributed by atoms with Crippen LogP contribution in [0.2, 0.25) is 0 Å². The van der Waals surface area contributed by atoms with Crippen molar-refractivity contribution in [3.63, 3.8) is 0 Å². The third-order valence-corrected chi connectivity index (χ3v) is 2.97. The Bertz CT molecular complexity index is 197. The van der Waals surface area contributed by atoms with E-state index < -0.39 is 5.54 Å². The van der Waals surface area contributed by atoms with Crippen molar-refractivity contribution in [3.05, 3.63) is 0 Å². The Hall–Kier alpha value is -0.160. The van der Waals surface area contributed by atoms with Gasteiger partial charge in [0.25, 0.3) is 0 Å². The Morgan fingerprint density at radius 2 is 2.31 bits per heavy atom. The van der Waals surface area contributed by atoms with Crippen molar-refractivity contribution >= 4 is 0 Å². The van der Waals surface area contributed by atoms with Crippen molar-refractivity contribution < 1.29 is 9.84 Å². The van der Waals surface area contributed by atoms with E-state index >= 15 is 0 Å². The molecule has 0 aromatic heterocycles. The van der Waals surface area contributed by atoms with Gasteiger partial charge in [-0.2, -0.15) is 0 Å². The zero-order valence-corrected chi connectivity index (χ0v) is 10.6. The van der Waals surface area contributed by atoms with Crippen LogP contribution in [0.5, 0.6) is 0 Å². The van der Waals surface area contributed by atoms with Crippen LogP contribution in [0, 0.1) is 0 Å². The lowest BCUT2D eigenvalue weighted by atomic mass is 10.0. The van der Waals surface area contributed by atoms with E-state index in [1.54, 1.807) is 0 Å². The second kappa shape index (κ2) is 6.55.